The number of anilines is 1. The summed E-state index contributed by atoms with van der Waals surface area (Å²) in [4.78, 5) is 35.7. The first-order chi connectivity index (χ1) is 22.5. The van der Waals surface area contributed by atoms with Crippen LogP contribution in [-0.2, 0) is 22.4 Å². The molecule has 2 bridgehead atoms. The molecule has 2 amide bonds. The van der Waals surface area contributed by atoms with Gasteiger partial charge in [0.25, 0.3) is 5.91 Å². The van der Waals surface area contributed by atoms with Gasteiger partial charge in [-0.2, -0.15) is 0 Å². The first kappa shape index (κ1) is 32.1. The number of hydrogen-bond acceptors (Lipinski definition) is 6. The van der Waals surface area contributed by atoms with Crippen LogP contribution < -0.4 is 9.64 Å². The summed E-state index contributed by atoms with van der Waals surface area (Å²) in [6.45, 7) is 8.17. The Morgan fingerprint density at radius 3 is 2.43 bits per heavy atom. The van der Waals surface area contributed by atoms with Crippen LogP contribution in [0.25, 0.3) is 0 Å². The molecule has 0 atom stereocenters. The highest BCUT2D eigenvalue weighted by molar-refractivity contribution is 5.94. The number of morpholine rings is 1. The average Bonchev–Trinajstić information content (AvgIpc) is 3.10. The summed E-state index contributed by atoms with van der Waals surface area (Å²) in [6.07, 6.45) is 4.35. The van der Waals surface area contributed by atoms with Crippen molar-refractivity contribution in [3.63, 3.8) is 0 Å². The smallest absolute Gasteiger partial charge is 0.253 e. The molecule has 6 rings (SSSR count). The highest BCUT2D eigenvalue weighted by Crippen LogP contribution is 2.29. The Labute approximate surface area is 273 Å². The zero-order valence-electron chi connectivity index (χ0n) is 27.2. The predicted molar refractivity (Wildman–Crippen MR) is 182 cm³/mol. The van der Waals surface area contributed by atoms with Gasteiger partial charge in [0.1, 0.15) is 12.4 Å². The molecule has 0 unspecified atom stereocenters. The number of nitrogens with zero attached hydrogens (tertiary/aromatic N) is 4. The van der Waals surface area contributed by atoms with E-state index in [9.17, 15) is 9.59 Å². The van der Waals surface area contributed by atoms with Gasteiger partial charge < -0.3 is 29.1 Å². The van der Waals surface area contributed by atoms with E-state index in [2.05, 4.69) is 64.4 Å². The van der Waals surface area contributed by atoms with Crippen LogP contribution in [0.5, 0.6) is 5.75 Å². The zero-order chi connectivity index (χ0) is 31.7. The number of amides is 2. The topological polar surface area (TPSA) is 65.6 Å². The van der Waals surface area contributed by atoms with Crippen molar-refractivity contribution in [1.82, 2.24) is 14.7 Å². The molecule has 244 valence electrons. The second-order valence-corrected chi connectivity index (χ2v) is 12.9. The van der Waals surface area contributed by atoms with Gasteiger partial charge in [0.05, 0.1) is 19.8 Å². The number of likely N-dealkylation sites (N-methyl/N-ethyl adjacent to an activating group) is 1. The summed E-state index contributed by atoms with van der Waals surface area (Å²) < 4.78 is 12.0. The number of piperidine rings is 1. The molecule has 0 aliphatic carbocycles. The van der Waals surface area contributed by atoms with Crippen molar-refractivity contribution in [2.75, 3.05) is 84.1 Å². The molecular weight excluding hydrogens is 576 g/mol. The standard InChI is InChI=1S/C38H48N4O4/c1-39-18-19-42(37(43)28-31-13-16-40(17-14-31)15-12-30-6-3-2-4-7-30)22-25-46-36-11-10-35(41-20-23-45-24-21-41)29-34(36)27-32-8-5-9-33(26-32)38(39)44/h2-11,26,29,31H,12-25,27-28H2,1H3. The normalized spacial score (nSPS) is 18.9. The van der Waals surface area contributed by atoms with Gasteiger partial charge in [0.2, 0.25) is 5.91 Å². The summed E-state index contributed by atoms with van der Waals surface area (Å²) in [5.74, 6) is 1.35. The Morgan fingerprint density at radius 2 is 1.63 bits per heavy atom. The summed E-state index contributed by atoms with van der Waals surface area (Å²) in [7, 11) is 1.83. The Hall–Kier alpha value is -3.88. The summed E-state index contributed by atoms with van der Waals surface area (Å²) >= 11 is 0. The molecule has 0 radical (unpaired) electrons. The van der Waals surface area contributed by atoms with Gasteiger partial charge in [-0.05, 0) is 79.7 Å². The van der Waals surface area contributed by atoms with E-state index in [4.69, 9.17) is 9.47 Å². The highest BCUT2D eigenvalue weighted by Gasteiger charge is 2.25. The van der Waals surface area contributed by atoms with Gasteiger partial charge in [0, 0.05) is 69.4 Å². The number of fused-ring (bicyclic) bond motifs is 3. The third-order valence-corrected chi connectivity index (χ3v) is 9.74. The van der Waals surface area contributed by atoms with Gasteiger partial charge >= 0.3 is 0 Å². The molecule has 3 aliphatic heterocycles. The minimum absolute atomic E-state index is 0.0206. The second kappa shape index (κ2) is 15.6. The molecular formula is C38H48N4O4. The number of carbonyl (C=O) groups excluding carboxylic acids is 2. The van der Waals surface area contributed by atoms with Crippen LogP contribution in [0.2, 0.25) is 0 Å². The van der Waals surface area contributed by atoms with E-state index in [0.29, 0.717) is 50.6 Å². The maximum Gasteiger partial charge on any atom is 0.253 e. The monoisotopic (exact) mass is 624 g/mol. The van der Waals surface area contributed by atoms with Crippen LogP contribution in [0.1, 0.15) is 46.3 Å². The number of rotatable bonds is 6. The summed E-state index contributed by atoms with van der Waals surface area (Å²) in [6, 6.07) is 24.9. The molecule has 2 saturated heterocycles. The maximum absolute atomic E-state index is 13.7. The number of benzene rings is 3. The van der Waals surface area contributed by atoms with E-state index in [1.807, 2.05) is 30.1 Å². The van der Waals surface area contributed by atoms with Gasteiger partial charge in [-0.25, -0.2) is 0 Å². The van der Waals surface area contributed by atoms with E-state index in [-0.39, 0.29) is 11.8 Å². The molecule has 3 aromatic carbocycles. The molecule has 0 saturated carbocycles. The second-order valence-electron chi connectivity index (χ2n) is 12.9. The van der Waals surface area contributed by atoms with Gasteiger partial charge in [-0.3, -0.25) is 9.59 Å². The first-order valence-corrected chi connectivity index (χ1v) is 17.0. The largest absolute Gasteiger partial charge is 0.491 e. The van der Waals surface area contributed by atoms with Crippen LogP contribution in [-0.4, -0.2) is 106 Å². The van der Waals surface area contributed by atoms with Crippen LogP contribution in [0.3, 0.4) is 0 Å². The number of hydrogen-bond donors (Lipinski definition) is 0. The van der Waals surface area contributed by atoms with Crippen molar-refractivity contribution in [3.05, 3.63) is 95.1 Å². The molecule has 3 heterocycles. The van der Waals surface area contributed by atoms with Crippen LogP contribution in [0, 0.1) is 5.92 Å². The van der Waals surface area contributed by atoms with Crippen LogP contribution in [0.4, 0.5) is 5.69 Å². The molecule has 0 aromatic heterocycles. The number of carbonyl (C=O) groups is 2. The van der Waals surface area contributed by atoms with Crippen molar-refractivity contribution in [2.45, 2.75) is 32.1 Å². The van der Waals surface area contributed by atoms with Gasteiger partial charge in [0.15, 0.2) is 0 Å². The third kappa shape index (κ3) is 8.47. The van der Waals surface area contributed by atoms with Crippen molar-refractivity contribution in [2.24, 2.45) is 5.92 Å². The van der Waals surface area contributed by atoms with Crippen molar-refractivity contribution < 1.29 is 19.1 Å². The predicted octanol–water partition coefficient (Wildman–Crippen LogP) is 4.75. The third-order valence-electron chi connectivity index (χ3n) is 9.74. The van der Waals surface area contributed by atoms with E-state index in [0.717, 1.165) is 87.8 Å². The van der Waals surface area contributed by atoms with Crippen molar-refractivity contribution >= 4 is 17.5 Å². The fourth-order valence-electron chi connectivity index (χ4n) is 6.84. The number of ether oxygens (including phenoxy) is 2. The molecule has 0 N–H and O–H groups in total. The molecule has 2 fully saturated rings. The molecule has 3 aliphatic rings. The fraction of sp³-hybridized carbons (Fsp3) is 0.474. The van der Waals surface area contributed by atoms with Crippen LogP contribution in [0.15, 0.2) is 72.8 Å². The Kier molecular flexibility index (Phi) is 10.9. The van der Waals surface area contributed by atoms with Gasteiger partial charge in [-0.15, -0.1) is 0 Å². The molecule has 8 heteroatoms. The zero-order valence-corrected chi connectivity index (χ0v) is 27.2. The maximum atomic E-state index is 13.7. The Bertz CT molecular complexity index is 1450. The Balaban J connectivity index is 1.12. The lowest BCUT2D eigenvalue weighted by Crippen LogP contribution is -2.43. The van der Waals surface area contributed by atoms with E-state index >= 15 is 0 Å². The lowest BCUT2D eigenvalue weighted by Gasteiger charge is -2.33. The van der Waals surface area contributed by atoms with Crippen molar-refractivity contribution in [3.8, 4) is 5.75 Å². The van der Waals surface area contributed by atoms with Gasteiger partial charge in [-0.1, -0.05) is 42.5 Å². The molecule has 8 nitrogen and oxygen atoms in total. The quantitative estimate of drug-likeness (QED) is 0.395. The van der Waals surface area contributed by atoms with E-state index in [1.165, 1.54) is 5.56 Å². The minimum Gasteiger partial charge on any atom is -0.491 e. The number of likely N-dealkylation sites (tertiary alicyclic amines) is 1. The van der Waals surface area contributed by atoms with E-state index < -0.39 is 0 Å². The average molecular weight is 625 g/mol. The lowest BCUT2D eigenvalue weighted by atomic mass is 9.92. The van der Waals surface area contributed by atoms with Crippen LogP contribution >= 0.6 is 0 Å². The lowest BCUT2D eigenvalue weighted by molar-refractivity contribution is -0.133. The highest BCUT2D eigenvalue weighted by atomic mass is 16.5. The summed E-state index contributed by atoms with van der Waals surface area (Å²) in [5.41, 5.74) is 5.35. The molecule has 0 spiro atoms. The molecule has 3 aromatic rings. The Morgan fingerprint density at radius 1 is 0.826 bits per heavy atom. The minimum atomic E-state index is -0.0206. The first-order valence-electron chi connectivity index (χ1n) is 17.0. The fourth-order valence-corrected chi connectivity index (χ4v) is 6.84. The van der Waals surface area contributed by atoms with Crippen molar-refractivity contribution in [1.29, 1.82) is 0 Å². The van der Waals surface area contributed by atoms with E-state index in [1.54, 1.807) is 4.90 Å². The molecule has 46 heavy (non-hydrogen) atoms. The summed E-state index contributed by atoms with van der Waals surface area (Å²) in [5, 5.41) is 0. The SMILES string of the molecule is CN1CCN(C(=O)CC2CCN(CCc3ccccc3)CC2)CCOc2ccc(N3CCOCC3)cc2Cc2cccc(c2)C1=O.